The van der Waals surface area contributed by atoms with Gasteiger partial charge in [-0.3, -0.25) is 14.2 Å². The second kappa shape index (κ2) is 10.3. The fraction of sp³-hybridized carbons (Fsp3) is 0.192. The van der Waals surface area contributed by atoms with E-state index in [1.807, 2.05) is 24.3 Å². The van der Waals surface area contributed by atoms with Crippen molar-refractivity contribution in [1.82, 2.24) is 9.55 Å². The lowest BCUT2D eigenvalue weighted by Gasteiger charge is -2.28. The summed E-state index contributed by atoms with van der Waals surface area (Å²) in [5.41, 5.74) is 1.95. The van der Waals surface area contributed by atoms with Crippen molar-refractivity contribution >= 4 is 39.9 Å². The highest BCUT2D eigenvalue weighted by molar-refractivity contribution is 7.99. The van der Waals surface area contributed by atoms with Crippen molar-refractivity contribution in [2.75, 3.05) is 42.3 Å². The van der Waals surface area contributed by atoms with Crippen molar-refractivity contribution in [1.29, 1.82) is 0 Å². The van der Waals surface area contributed by atoms with Gasteiger partial charge in [0.15, 0.2) is 5.16 Å². The van der Waals surface area contributed by atoms with Crippen LogP contribution in [0.15, 0.2) is 82.7 Å². The summed E-state index contributed by atoms with van der Waals surface area (Å²) in [5.74, 6) is -0.792. The molecule has 2 heterocycles. The van der Waals surface area contributed by atoms with Gasteiger partial charge >= 0.3 is 0 Å². The number of carbonyl (C=O) groups is 1. The highest BCUT2D eigenvalue weighted by Crippen LogP contribution is 2.24. The Hall–Kier alpha value is -3.69. The van der Waals surface area contributed by atoms with E-state index >= 15 is 0 Å². The summed E-state index contributed by atoms with van der Waals surface area (Å²) < 4.78 is 21.2. The van der Waals surface area contributed by atoms with E-state index in [1.165, 1.54) is 16.7 Å². The molecular formula is C26H23FN4O3S. The number of thioether (sulfide) groups is 1. The van der Waals surface area contributed by atoms with Gasteiger partial charge in [0.1, 0.15) is 5.82 Å². The van der Waals surface area contributed by atoms with E-state index in [-0.39, 0.29) is 28.1 Å². The number of para-hydroxylation sites is 2. The number of anilines is 2. The number of nitrogens with one attached hydrogen (secondary N) is 1. The Morgan fingerprint density at radius 3 is 2.49 bits per heavy atom. The number of morpholine rings is 1. The van der Waals surface area contributed by atoms with Crippen molar-refractivity contribution in [2.45, 2.75) is 5.16 Å². The predicted octanol–water partition coefficient (Wildman–Crippen LogP) is 4.09. The number of benzene rings is 3. The molecule has 1 N–H and O–H groups in total. The average molecular weight is 491 g/mol. The largest absolute Gasteiger partial charge is 0.378 e. The third kappa shape index (κ3) is 5.06. The third-order valence-corrected chi connectivity index (χ3v) is 6.64. The second-order valence-electron chi connectivity index (χ2n) is 7.99. The van der Waals surface area contributed by atoms with Crippen LogP contribution in [0.25, 0.3) is 16.6 Å². The zero-order valence-corrected chi connectivity index (χ0v) is 19.6. The second-order valence-corrected chi connectivity index (χ2v) is 8.93. The molecule has 1 aromatic heterocycles. The number of amides is 1. The fourth-order valence-electron chi connectivity index (χ4n) is 3.96. The van der Waals surface area contributed by atoms with Crippen molar-refractivity contribution in [3.05, 3.63) is 89.0 Å². The van der Waals surface area contributed by atoms with Gasteiger partial charge in [-0.2, -0.15) is 0 Å². The van der Waals surface area contributed by atoms with E-state index in [1.54, 1.807) is 36.4 Å². The molecule has 4 aromatic rings. The lowest BCUT2D eigenvalue weighted by molar-refractivity contribution is -0.113. The Morgan fingerprint density at radius 2 is 1.71 bits per heavy atom. The number of hydrogen-bond acceptors (Lipinski definition) is 6. The molecule has 0 aliphatic carbocycles. The monoisotopic (exact) mass is 490 g/mol. The molecule has 0 saturated carbocycles. The summed E-state index contributed by atoms with van der Waals surface area (Å²) in [5, 5.41) is 3.50. The molecular weight excluding hydrogens is 467 g/mol. The van der Waals surface area contributed by atoms with E-state index in [0.717, 1.165) is 30.5 Å². The van der Waals surface area contributed by atoms with Crippen LogP contribution in [0.5, 0.6) is 0 Å². The Balaban J connectivity index is 1.35. The van der Waals surface area contributed by atoms with Gasteiger partial charge in [-0.1, -0.05) is 36.0 Å². The minimum Gasteiger partial charge on any atom is -0.378 e. The number of fused-ring (bicyclic) bond motifs is 1. The number of hydrogen-bond donors (Lipinski definition) is 1. The van der Waals surface area contributed by atoms with Crippen LogP contribution in [0.4, 0.5) is 15.8 Å². The maximum absolute atomic E-state index is 14.6. The number of ether oxygens (including phenoxy) is 1. The molecule has 7 nitrogen and oxygen atoms in total. The van der Waals surface area contributed by atoms with E-state index in [0.29, 0.717) is 29.8 Å². The smallest absolute Gasteiger partial charge is 0.266 e. The lowest BCUT2D eigenvalue weighted by atomic mass is 10.2. The minimum absolute atomic E-state index is 0.00441. The number of carbonyl (C=O) groups excluding carboxylic acids is 1. The molecule has 9 heteroatoms. The Morgan fingerprint density at radius 1 is 1.00 bits per heavy atom. The molecule has 1 amide bonds. The van der Waals surface area contributed by atoms with Crippen LogP contribution in [-0.2, 0) is 9.53 Å². The quantitative estimate of drug-likeness (QED) is 0.324. The first kappa shape index (κ1) is 23.1. The first-order chi connectivity index (χ1) is 17.1. The summed E-state index contributed by atoms with van der Waals surface area (Å²) in [6.45, 7) is 3.09. The molecule has 3 aromatic carbocycles. The fourth-order valence-corrected chi connectivity index (χ4v) is 4.76. The Kier molecular flexibility index (Phi) is 6.78. The molecule has 0 unspecified atom stereocenters. The number of halogens is 1. The van der Waals surface area contributed by atoms with Crippen LogP contribution >= 0.6 is 11.8 Å². The van der Waals surface area contributed by atoms with E-state index in [4.69, 9.17) is 4.74 Å². The molecule has 35 heavy (non-hydrogen) atoms. The summed E-state index contributed by atoms with van der Waals surface area (Å²) in [7, 11) is 0. The maximum Gasteiger partial charge on any atom is 0.266 e. The van der Waals surface area contributed by atoms with Crippen LogP contribution < -0.4 is 15.8 Å². The summed E-state index contributed by atoms with van der Waals surface area (Å²) in [6.07, 6.45) is 0. The first-order valence-electron chi connectivity index (χ1n) is 11.2. The number of rotatable bonds is 6. The molecule has 0 bridgehead atoms. The predicted molar refractivity (Wildman–Crippen MR) is 136 cm³/mol. The maximum atomic E-state index is 14.6. The number of aromatic nitrogens is 2. The standard InChI is InChI=1S/C26H23FN4O3S/c27-21-6-2-4-8-23(21)31-25(33)20-5-1-3-7-22(20)29-26(31)35-17-24(32)28-18-9-11-19(12-10-18)30-13-15-34-16-14-30/h1-12H,13-17H2,(H,28,32). The molecule has 1 aliphatic rings. The van der Waals surface area contributed by atoms with Crippen LogP contribution in [0, 0.1) is 5.82 Å². The highest BCUT2D eigenvalue weighted by atomic mass is 32.2. The van der Waals surface area contributed by atoms with E-state index in [2.05, 4.69) is 15.2 Å². The molecule has 1 saturated heterocycles. The van der Waals surface area contributed by atoms with Gasteiger partial charge in [0.2, 0.25) is 5.91 Å². The summed E-state index contributed by atoms with van der Waals surface area (Å²) in [6, 6.07) is 20.6. The molecule has 0 radical (unpaired) electrons. The van der Waals surface area contributed by atoms with Crippen molar-refractivity contribution in [3.8, 4) is 5.69 Å². The lowest BCUT2D eigenvalue weighted by Crippen LogP contribution is -2.36. The molecule has 1 fully saturated rings. The zero-order chi connectivity index (χ0) is 24.2. The van der Waals surface area contributed by atoms with E-state index in [9.17, 15) is 14.0 Å². The average Bonchev–Trinajstić information content (AvgIpc) is 2.89. The first-order valence-corrected chi connectivity index (χ1v) is 12.2. The summed E-state index contributed by atoms with van der Waals surface area (Å²) >= 11 is 1.08. The SMILES string of the molecule is O=C(CSc1nc2ccccc2c(=O)n1-c1ccccc1F)Nc1ccc(N2CCOCC2)cc1. The van der Waals surface area contributed by atoms with Crippen molar-refractivity contribution < 1.29 is 13.9 Å². The van der Waals surface area contributed by atoms with Crippen LogP contribution in [0.3, 0.4) is 0 Å². The van der Waals surface area contributed by atoms with Gasteiger partial charge in [-0.05, 0) is 48.5 Å². The van der Waals surface area contributed by atoms with Crippen LogP contribution in [0.1, 0.15) is 0 Å². The molecule has 0 atom stereocenters. The van der Waals surface area contributed by atoms with Crippen LogP contribution in [-0.4, -0.2) is 47.5 Å². The highest BCUT2D eigenvalue weighted by Gasteiger charge is 2.17. The molecule has 5 rings (SSSR count). The Labute approximate surface area is 205 Å². The molecule has 0 spiro atoms. The normalized spacial score (nSPS) is 13.7. The Bertz CT molecular complexity index is 1420. The third-order valence-electron chi connectivity index (χ3n) is 5.70. The van der Waals surface area contributed by atoms with Gasteiger partial charge in [0.25, 0.3) is 5.56 Å². The van der Waals surface area contributed by atoms with Gasteiger partial charge in [0.05, 0.1) is 35.6 Å². The van der Waals surface area contributed by atoms with Crippen molar-refractivity contribution in [2.24, 2.45) is 0 Å². The topological polar surface area (TPSA) is 76.5 Å². The minimum atomic E-state index is -0.543. The molecule has 1 aliphatic heterocycles. The van der Waals surface area contributed by atoms with Crippen molar-refractivity contribution in [3.63, 3.8) is 0 Å². The van der Waals surface area contributed by atoms with Gasteiger partial charge in [-0.15, -0.1) is 0 Å². The van der Waals surface area contributed by atoms with E-state index < -0.39 is 5.82 Å². The van der Waals surface area contributed by atoms with Gasteiger partial charge in [-0.25, -0.2) is 9.37 Å². The molecule has 178 valence electrons. The van der Waals surface area contributed by atoms with Crippen LogP contribution in [0.2, 0.25) is 0 Å². The van der Waals surface area contributed by atoms with Gasteiger partial charge in [0, 0.05) is 24.5 Å². The number of nitrogens with zero attached hydrogens (tertiary/aromatic N) is 3. The summed E-state index contributed by atoms with van der Waals surface area (Å²) in [4.78, 5) is 32.7. The zero-order valence-electron chi connectivity index (χ0n) is 18.8. The van der Waals surface area contributed by atoms with Gasteiger partial charge < -0.3 is 15.0 Å².